The lowest BCUT2D eigenvalue weighted by molar-refractivity contribution is 0.102. The Hall–Kier alpha value is -2.56. The molecule has 2 aromatic heterocycles. The summed E-state index contributed by atoms with van der Waals surface area (Å²) in [5, 5.41) is 8.13. The van der Waals surface area contributed by atoms with Crippen molar-refractivity contribution in [2.75, 3.05) is 5.32 Å². The number of aromatic nitrogens is 3. The fourth-order valence-electron chi connectivity index (χ4n) is 3.09. The van der Waals surface area contributed by atoms with Gasteiger partial charge in [0.05, 0.1) is 11.9 Å². The topological polar surface area (TPSA) is 51.9 Å². The van der Waals surface area contributed by atoms with E-state index in [2.05, 4.69) is 48.7 Å². The molecule has 0 radical (unpaired) electrons. The largest absolute Gasteiger partial charge is 0.342 e. The van der Waals surface area contributed by atoms with E-state index in [1.54, 1.807) is 17.1 Å². The van der Waals surface area contributed by atoms with E-state index in [1.165, 1.54) is 11.1 Å². The minimum Gasteiger partial charge on any atom is -0.342 e. The molecule has 2 heterocycles. The number of fused-ring (bicyclic) bond motifs is 1. The van der Waals surface area contributed by atoms with Crippen LogP contribution in [0.3, 0.4) is 0 Å². The number of hydrogen-bond donors (Lipinski definition) is 1. The lowest BCUT2D eigenvalue weighted by Gasteiger charge is -2.17. The van der Waals surface area contributed by atoms with Gasteiger partial charge in [0.1, 0.15) is 0 Å². The lowest BCUT2D eigenvalue weighted by Crippen LogP contribution is -2.12. The monoisotopic (exact) mass is 324 g/mol. The summed E-state index contributed by atoms with van der Waals surface area (Å²) >= 11 is 0. The van der Waals surface area contributed by atoms with Gasteiger partial charge in [-0.1, -0.05) is 19.9 Å². The van der Waals surface area contributed by atoms with Gasteiger partial charge in [-0.25, -0.2) is 0 Å². The molecular formula is C19H24N4O. The van der Waals surface area contributed by atoms with Crippen LogP contribution in [0, 0.1) is 0 Å². The third kappa shape index (κ3) is 2.94. The molecule has 126 valence electrons. The maximum Gasteiger partial charge on any atom is 0.255 e. The number of nitrogens with zero attached hydrogens (tertiary/aromatic N) is 3. The van der Waals surface area contributed by atoms with E-state index >= 15 is 0 Å². The first-order chi connectivity index (χ1) is 11.4. The van der Waals surface area contributed by atoms with Gasteiger partial charge in [0, 0.05) is 36.1 Å². The Balaban J connectivity index is 2.00. The molecule has 0 bridgehead atoms. The van der Waals surface area contributed by atoms with Crippen LogP contribution < -0.4 is 5.32 Å². The van der Waals surface area contributed by atoms with E-state index in [9.17, 15) is 4.79 Å². The minimum atomic E-state index is -0.118. The highest BCUT2D eigenvalue weighted by Crippen LogP contribution is 2.29. The fourth-order valence-corrected chi connectivity index (χ4v) is 3.09. The maximum atomic E-state index is 12.5. The number of amides is 1. The molecule has 5 heteroatoms. The van der Waals surface area contributed by atoms with Crippen LogP contribution >= 0.6 is 0 Å². The van der Waals surface area contributed by atoms with Gasteiger partial charge in [-0.2, -0.15) is 5.10 Å². The lowest BCUT2D eigenvalue weighted by atomic mass is 10.1. The maximum absolute atomic E-state index is 12.5. The average Bonchev–Trinajstić information content (AvgIpc) is 3.09. The Kier molecular flexibility index (Phi) is 4.18. The molecule has 24 heavy (non-hydrogen) atoms. The van der Waals surface area contributed by atoms with Crippen LogP contribution in [-0.2, 0) is 7.05 Å². The summed E-state index contributed by atoms with van der Waals surface area (Å²) in [7, 11) is 1.82. The molecule has 0 aliphatic rings. The Labute approximate surface area is 142 Å². The second-order valence-corrected chi connectivity index (χ2v) is 6.82. The fraction of sp³-hybridized carbons (Fsp3) is 0.368. The number of benzene rings is 1. The van der Waals surface area contributed by atoms with Gasteiger partial charge in [-0.3, -0.25) is 9.48 Å². The van der Waals surface area contributed by atoms with Crippen LogP contribution in [0.1, 0.15) is 55.7 Å². The van der Waals surface area contributed by atoms with Crippen LogP contribution in [-0.4, -0.2) is 20.3 Å². The number of rotatable bonds is 4. The molecule has 3 aromatic rings. The Morgan fingerprint density at radius 3 is 2.50 bits per heavy atom. The van der Waals surface area contributed by atoms with Gasteiger partial charge in [-0.05, 0) is 43.4 Å². The molecule has 0 saturated heterocycles. The van der Waals surface area contributed by atoms with Crippen molar-refractivity contribution >= 4 is 22.5 Å². The van der Waals surface area contributed by atoms with Crippen molar-refractivity contribution in [1.29, 1.82) is 0 Å². The van der Waals surface area contributed by atoms with Crippen molar-refractivity contribution in [3.63, 3.8) is 0 Å². The molecule has 3 rings (SSSR count). The van der Waals surface area contributed by atoms with E-state index in [0.717, 1.165) is 5.52 Å². The molecule has 1 aromatic carbocycles. The quantitative estimate of drug-likeness (QED) is 0.776. The van der Waals surface area contributed by atoms with E-state index in [1.807, 2.05) is 25.2 Å². The number of carbonyl (C=O) groups excluding carboxylic acids is 1. The summed E-state index contributed by atoms with van der Waals surface area (Å²) in [6, 6.07) is 8.45. The second kappa shape index (κ2) is 6.15. The second-order valence-electron chi connectivity index (χ2n) is 6.82. The summed E-state index contributed by atoms with van der Waals surface area (Å²) < 4.78 is 3.98. The van der Waals surface area contributed by atoms with Gasteiger partial charge in [-0.15, -0.1) is 0 Å². The first-order valence-corrected chi connectivity index (χ1v) is 8.31. The van der Waals surface area contributed by atoms with Crippen molar-refractivity contribution in [2.45, 2.75) is 39.7 Å². The summed E-state index contributed by atoms with van der Waals surface area (Å²) in [6.45, 7) is 8.74. The van der Waals surface area contributed by atoms with Gasteiger partial charge in [0.25, 0.3) is 5.91 Å². The Bertz CT molecular complexity index is 886. The number of nitrogens with one attached hydrogen (secondary N) is 1. The SMILES string of the molecule is CC(C)c1cc2ccc(C(=O)Nc3cnn(C)c3)cc2n1C(C)C. The highest BCUT2D eigenvalue weighted by molar-refractivity contribution is 6.06. The minimum absolute atomic E-state index is 0.118. The molecular weight excluding hydrogens is 300 g/mol. The van der Waals surface area contributed by atoms with Crippen molar-refractivity contribution < 1.29 is 4.79 Å². The van der Waals surface area contributed by atoms with Gasteiger partial charge in [0.15, 0.2) is 0 Å². The van der Waals surface area contributed by atoms with Crippen LogP contribution in [0.15, 0.2) is 36.7 Å². The van der Waals surface area contributed by atoms with E-state index in [0.29, 0.717) is 23.2 Å². The zero-order chi connectivity index (χ0) is 17.4. The molecule has 0 atom stereocenters. The van der Waals surface area contributed by atoms with E-state index < -0.39 is 0 Å². The van der Waals surface area contributed by atoms with Gasteiger partial charge >= 0.3 is 0 Å². The van der Waals surface area contributed by atoms with Crippen LogP contribution in [0.25, 0.3) is 10.9 Å². The van der Waals surface area contributed by atoms with Crippen molar-refractivity contribution in [2.24, 2.45) is 7.05 Å². The number of hydrogen-bond acceptors (Lipinski definition) is 2. The van der Waals surface area contributed by atoms with Gasteiger partial charge < -0.3 is 9.88 Å². The molecule has 5 nitrogen and oxygen atoms in total. The molecule has 0 fully saturated rings. The summed E-state index contributed by atoms with van der Waals surface area (Å²) in [5.74, 6) is 0.319. The zero-order valence-corrected chi connectivity index (χ0v) is 14.9. The normalized spacial score (nSPS) is 11.6. The van der Waals surface area contributed by atoms with E-state index in [4.69, 9.17) is 0 Å². The number of carbonyl (C=O) groups is 1. The van der Waals surface area contributed by atoms with Crippen LogP contribution in [0.4, 0.5) is 5.69 Å². The molecule has 1 N–H and O–H groups in total. The molecule has 0 saturated carbocycles. The highest BCUT2D eigenvalue weighted by atomic mass is 16.1. The summed E-state index contributed by atoms with van der Waals surface area (Å²) in [5.41, 5.74) is 3.75. The molecule has 0 aliphatic carbocycles. The van der Waals surface area contributed by atoms with Crippen molar-refractivity contribution in [1.82, 2.24) is 14.3 Å². The first kappa shape index (κ1) is 16.3. The first-order valence-electron chi connectivity index (χ1n) is 8.31. The van der Waals surface area contributed by atoms with Crippen molar-refractivity contribution in [3.05, 3.63) is 47.9 Å². The Morgan fingerprint density at radius 2 is 1.92 bits per heavy atom. The number of aryl methyl sites for hydroxylation is 1. The van der Waals surface area contributed by atoms with Crippen LogP contribution in [0.5, 0.6) is 0 Å². The third-order valence-corrected chi connectivity index (χ3v) is 4.20. The predicted molar refractivity (Wildman–Crippen MR) is 97.6 cm³/mol. The van der Waals surface area contributed by atoms with Gasteiger partial charge in [0.2, 0.25) is 0 Å². The third-order valence-electron chi connectivity index (χ3n) is 4.20. The zero-order valence-electron chi connectivity index (χ0n) is 14.9. The highest BCUT2D eigenvalue weighted by Gasteiger charge is 2.16. The predicted octanol–water partition coefficient (Wildman–Crippen LogP) is 4.33. The average molecular weight is 324 g/mol. The molecule has 1 amide bonds. The summed E-state index contributed by atoms with van der Waals surface area (Å²) in [6.07, 6.45) is 3.42. The number of anilines is 1. The molecule has 0 unspecified atom stereocenters. The Morgan fingerprint density at radius 1 is 1.17 bits per heavy atom. The molecule has 0 aliphatic heterocycles. The standard InChI is InChI=1S/C19H24N4O/c1-12(2)17-8-14-6-7-15(9-18(14)23(17)13(3)4)19(24)21-16-10-20-22(5)11-16/h6-13H,1-5H3,(H,21,24). The van der Waals surface area contributed by atoms with Crippen molar-refractivity contribution in [3.8, 4) is 0 Å². The van der Waals surface area contributed by atoms with E-state index in [-0.39, 0.29) is 5.91 Å². The smallest absolute Gasteiger partial charge is 0.255 e. The van der Waals surface area contributed by atoms with Crippen LogP contribution in [0.2, 0.25) is 0 Å². The molecule has 0 spiro atoms. The summed E-state index contributed by atoms with van der Waals surface area (Å²) in [4.78, 5) is 12.5.